The molecule has 4 nitrogen and oxygen atoms in total. The quantitative estimate of drug-likeness (QED) is 0.365. The number of hydrogen-bond donors (Lipinski definition) is 1. The van der Waals surface area contributed by atoms with Crippen LogP contribution < -0.4 is 5.73 Å². The largest absolute Gasteiger partial charge is 0.462 e. The van der Waals surface area contributed by atoms with E-state index in [0.29, 0.717) is 41.2 Å². The summed E-state index contributed by atoms with van der Waals surface area (Å²) in [5.41, 5.74) is 7.29. The van der Waals surface area contributed by atoms with Gasteiger partial charge in [-0.25, -0.2) is 4.79 Å². The molecular weight excluding hydrogens is 446 g/mol. The van der Waals surface area contributed by atoms with Crippen molar-refractivity contribution >= 4 is 5.97 Å². The molecule has 8 atom stereocenters. The molecule has 0 aromatic carbocycles. The van der Waals surface area contributed by atoms with Crippen molar-refractivity contribution in [1.29, 1.82) is 0 Å². The van der Waals surface area contributed by atoms with Crippen LogP contribution in [0.25, 0.3) is 0 Å². The Balaban J connectivity index is 1.49. The van der Waals surface area contributed by atoms with Gasteiger partial charge in [0.1, 0.15) is 11.3 Å². The molecule has 2 N–H and O–H groups in total. The highest BCUT2D eigenvalue weighted by Gasteiger charge is 2.68. The number of allylic oxidation sites excluding steroid dienone is 2. The number of carbonyl (C=O) groups excluding carboxylic acids is 1. The third-order valence-electron chi connectivity index (χ3n) is 11.9. The van der Waals surface area contributed by atoms with Crippen molar-refractivity contribution in [2.45, 2.75) is 112 Å². The molecule has 5 rings (SSSR count). The van der Waals surface area contributed by atoms with Gasteiger partial charge in [0.15, 0.2) is 0 Å². The third kappa shape index (κ3) is 3.70. The monoisotopic (exact) mass is 497 g/mol. The minimum atomic E-state index is -0.341. The summed E-state index contributed by atoms with van der Waals surface area (Å²) >= 11 is 0. The van der Waals surface area contributed by atoms with E-state index in [9.17, 15) is 4.79 Å². The van der Waals surface area contributed by atoms with Gasteiger partial charge in [0.05, 0.1) is 6.61 Å². The second-order valence-electron chi connectivity index (χ2n) is 14.0. The Bertz CT molecular complexity index is 936. The lowest BCUT2D eigenvalue weighted by Gasteiger charge is -2.65. The second kappa shape index (κ2) is 9.38. The van der Waals surface area contributed by atoms with Crippen LogP contribution >= 0.6 is 0 Å². The summed E-state index contributed by atoms with van der Waals surface area (Å²) in [5, 5.41) is 0. The highest BCUT2D eigenvalue weighted by molar-refractivity contribution is 5.92. The molecule has 5 aliphatic rings. The van der Waals surface area contributed by atoms with E-state index in [0.717, 1.165) is 42.8 Å². The molecule has 202 valence electrons. The SMILES string of the molecule is CCOC(=O)C1=C(N)OC2=C[C@@]13CCCC[C@]3(C)[C@H]1CC[C@]3(C)[C@@H]([C@H](C)CCCC(C)C)CC[C@H]3[C@H]21. The lowest BCUT2D eigenvalue weighted by atomic mass is 9.40. The molecular formula is C32H51NO3. The molecule has 0 saturated heterocycles. The van der Waals surface area contributed by atoms with Crippen molar-refractivity contribution in [3.05, 3.63) is 23.3 Å². The van der Waals surface area contributed by atoms with E-state index in [-0.39, 0.29) is 16.8 Å². The molecule has 4 heteroatoms. The standard InChI is InChI=1S/C32H51NO3/c1-7-35-29(34)27-28(33)36-25-19-32(27)17-9-8-16-31(32,6)24-15-18-30(5)22(13-14-23(30)26(24)25)21(4)12-10-11-20(2)3/h19-24,26H,7-18,33H2,1-6H3/t21-,22-,23+,24+,26+,30-,31-,32+/m1/s1. The maximum Gasteiger partial charge on any atom is 0.340 e. The fourth-order valence-corrected chi connectivity index (χ4v) is 10.2. The van der Waals surface area contributed by atoms with E-state index in [1.807, 2.05) is 6.92 Å². The van der Waals surface area contributed by atoms with Crippen LogP contribution in [0.5, 0.6) is 0 Å². The lowest BCUT2D eigenvalue weighted by Crippen LogP contribution is -2.60. The van der Waals surface area contributed by atoms with Crippen LogP contribution in [-0.4, -0.2) is 12.6 Å². The van der Waals surface area contributed by atoms with Gasteiger partial charge >= 0.3 is 5.97 Å². The Labute approximate surface area is 219 Å². The highest BCUT2D eigenvalue weighted by atomic mass is 16.5. The smallest absolute Gasteiger partial charge is 0.340 e. The fraction of sp³-hybridized carbons (Fsp3) is 0.844. The Morgan fingerprint density at radius 1 is 1.08 bits per heavy atom. The van der Waals surface area contributed by atoms with Crippen LogP contribution in [0.1, 0.15) is 112 Å². The van der Waals surface area contributed by atoms with Crippen LogP contribution in [0.3, 0.4) is 0 Å². The predicted molar refractivity (Wildman–Crippen MR) is 144 cm³/mol. The first-order valence-electron chi connectivity index (χ1n) is 15.2. The minimum absolute atomic E-state index is 0.0260. The van der Waals surface area contributed by atoms with E-state index >= 15 is 0 Å². The van der Waals surface area contributed by atoms with Gasteiger partial charge in [0, 0.05) is 11.3 Å². The topological polar surface area (TPSA) is 61.5 Å². The normalized spacial score (nSPS) is 42.1. The summed E-state index contributed by atoms with van der Waals surface area (Å²) in [7, 11) is 0. The Hall–Kier alpha value is -1.45. The molecule has 36 heavy (non-hydrogen) atoms. The minimum Gasteiger partial charge on any atom is -0.462 e. The Morgan fingerprint density at radius 2 is 1.83 bits per heavy atom. The fourth-order valence-electron chi connectivity index (χ4n) is 10.2. The molecule has 0 aromatic heterocycles. The van der Waals surface area contributed by atoms with Crippen molar-refractivity contribution < 1.29 is 14.3 Å². The van der Waals surface area contributed by atoms with Gasteiger partial charge in [0.25, 0.3) is 0 Å². The molecule has 4 aliphatic carbocycles. The maximum absolute atomic E-state index is 13.3. The molecule has 1 aliphatic heterocycles. The van der Waals surface area contributed by atoms with Crippen LogP contribution in [-0.2, 0) is 14.3 Å². The zero-order valence-electron chi connectivity index (χ0n) is 23.8. The van der Waals surface area contributed by atoms with Gasteiger partial charge in [-0.15, -0.1) is 0 Å². The van der Waals surface area contributed by atoms with Gasteiger partial charge < -0.3 is 15.2 Å². The molecule has 0 amide bonds. The van der Waals surface area contributed by atoms with Gasteiger partial charge in [-0.05, 0) is 91.9 Å². The van der Waals surface area contributed by atoms with Gasteiger partial charge in [-0.1, -0.05) is 66.7 Å². The summed E-state index contributed by atoms with van der Waals surface area (Å²) in [6.07, 6.45) is 16.1. The first kappa shape index (κ1) is 26.2. The first-order valence-corrected chi connectivity index (χ1v) is 15.2. The summed E-state index contributed by atoms with van der Waals surface area (Å²) in [4.78, 5) is 13.3. The van der Waals surface area contributed by atoms with Crippen molar-refractivity contribution in [3.63, 3.8) is 0 Å². The van der Waals surface area contributed by atoms with Crippen LogP contribution in [0.2, 0.25) is 0 Å². The molecule has 0 unspecified atom stereocenters. The average Bonchev–Trinajstić information content (AvgIpc) is 3.16. The summed E-state index contributed by atoms with van der Waals surface area (Å²) in [5.74, 6) is 5.14. The highest BCUT2D eigenvalue weighted by Crippen LogP contribution is 2.73. The van der Waals surface area contributed by atoms with E-state index in [4.69, 9.17) is 15.2 Å². The summed E-state index contributed by atoms with van der Waals surface area (Å²) in [6, 6.07) is 0. The van der Waals surface area contributed by atoms with E-state index < -0.39 is 0 Å². The van der Waals surface area contributed by atoms with Crippen molar-refractivity contribution in [3.8, 4) is 0 Å². The number of rotatable bonds is 7. The lowest BCUT2D eigenvalue weighted by molar-refractivity contribution is -0.149. The third-order valence-corrected chi connectivity index (χ3v) is 11.9. The van der Waals surface area contributed by atoms with Crippen molar-refractivity contribution in [2.75, 3.05) is 6.61 Å². The van der Waals surface area contributed by atoms with E-state index in [1.165, 1.54) is 51.4 Å². The van der Waals surface area contributed by atoms with Crippen molar-refractivity contribution in [2.24, 2.45) is 57.5 Å². The number of esters is 1. The van der Waals surface area contributed by atoms with Gasteiger partial charge in [-0.3, -0.25) is 0 Å². The molecule has 3 fully saturated rings. The van der Waals surface area contributed by atoms with Gasteiger partial charge in [-0.2, -0.15) is 0 Å². The molecule has 0 radical (unpaired) electrons. The molecule has 0 aromatic rings. The van der Waals surface area contributed by atoms with Crippen LogP contribution in [0.15, 0.2) is 23.3 Å². The number of ether oxygens (including phenoxy) is 2. The van der Waals surface area contributed by atoms with E-state index in [1.54, 1.807) is 0 Å². The van der Waals surface area contributed by atoms with Gasteiger partial charge in [0.2, 0.25) is 5.88 Å². The zero-order valence-corrected chi connectivity index (χ0v) is 23.8. The first-order chi connectivity index (χ1) is 17.1. The maximum atomic E-state index is 13.3. The molecule has 1 heterocycles. The predicted octanol–water partition coefficient (Wildman–Crippen LogP) is 7.74. The van der Waals surface area contributed by atoms with Crippen molar-refractivity contribution in [1.82, 2.24) is 0 Å². The number of nitrogens with two attached hydrogens (primary N) is 1. The summed E-state index contributed by atoms with van der Waals surface area (Å²) < 4.78 is 12.0. The number of carbonyl (C=O) groups is 1. The molecule has 1 spiro atoms. The number of fused-ring (bicyclic) bond motifs is 5. The zero-order chi connectivity index (χ0) is 25.9. The molecule has 3 saturated carbocycles. The average molecular weight is 498 g/mol. The van der Waals surface area contributed by atoms with Crippen LogP contribution in [0.4, 0.5) is 0 Å². The van der Waals surface area contributed by atoms with E-state index in [2.05, 4.69) is 40.7 Å². The summed E-state index contributed by atoms with van der Waals surface area (Å²) in [6.45, 7) is 14.6. The number of hydrogen-bond acceptors (Lipinski definition) is 4. The Morgan fingerprint density at radius 3 is 2.56 bits per heavy atom. The second-order valence-corrected chi connectivity index (χ2v) is 14.0. The molecule has 2 bridgehead atoms. The Kier molecular flexibility index (Phi) is 6.82. The van der Waals surface area contributed by atoms with Crippen LogP contribution in [0, 0.1) is 51.8 Å².